The third kappa shape index (κ3) is 1.97. The first-order chi connectivity index (χ1) is 7.38. The maximum absolute atomic E-state index is 12.0. The Morgan fingerprint density at radius 2 is 2.00 bits per heavy atom. The fourth-order valence-electron chi connectivity index (χ4n) is 1.92. The number of hydrogen-bond donors (Lipinski definition) is 0. The Labute approximate surface area is 96.6 Å². The van der Waals surface area contributed by atoms with E-state index in [1.54, 1.807) is 0 Å². The summed E-state index contributed by atoms with van der Waals surface area (Å²) in [7, 11) is 0. The molecule has 0 aliphatic carbocycles. The zero-order valence-electron chi connectivity index (χ0n) is 10.3. The molecular weight excluding hydrogens is 200 g/mol. The van der Waals surface area contributed by atoms with Gasteiger partial charge in [0.2, 0.25) is 0 Å². The first-order valence-corrected chi connectivity index (χ1v) is 5.68. The van der Waals surface area contributed by atoms with E-state index in [2.05, 4.69) is 20.8 Å². The molecule has 2 heteroatoms. The Kier molecular flexibility index (Phi) is 2.53. The highest BCUT2D eigenvalue weighted by molar-refractivity contribution is 6.00. The van der Waals surface area contributed by atoms with Crippen molar-refractivity contribution in [2.45, 2.75) is 40.2 Å². The van der Waals surface area contributed by atoms with Gasteiger partial charge in [-0.1, -0.05) is 32.4 Å². The minimum Gasteiger partial charge on any atom is -0.489 e. The summed E-state index contributed by atoms with van der Waals surface area (Å²) < 4.78 is 5.90. The first-order valence-electron chi connectivity index (χ1n) is 5.68. The largest absolute Gasteiger partial charge is 0.489 e. The number of ether oxygens (including phenoxy) is 1. The molecule has 1 aromatic rings. The van der Waals surface area contributed by atoms with Gasteiger partial charge < -0.3 is 4.74 Å². The highest BCUT2D eigenvalue weighted by atomic mass is 16.5. The molecule has 1 aromatic carbocycles. The summed E-state index contributed by atoms with van der Waals surface area (Å²) in [5.41, 5.74) is 1.84. The number of fused-ring (bicyclic) bond motifs is 1. The van der Waals surface area contributed by atoms with Crippen LogP contribution in [0.1, 0.15) is 43.1 Å². The number of carbonyl (C=O) groups is 1. The molecular formula is C14H18O2. The van der Waals surface area contributed by atoms with E-state index in [0.717, 1.165) is 16.9 Å². The summed E-state index contributed by atoms with van der Waals surface area (Å²) in [6.45, 7) is 8.29. The Morgan fingerprint density at radius 3 is 2.62 bits per heavy atom. The van der Waals surface area contributed by atoms with Gasteiger partial charge in [0.05, 0.1) is 5.56 Å². The summed E-state index contributed by atoms with van der Waals surface area (Å²) in [6.07, 6.45) is 0.468. The van der Waals surface area contributed by atoms with Gasteiger partial charge in [0, 0.05) is 6.42 Å². The lowest BCUT2D eigenvalue weighted by molar-refractivity contribution is 0.0544. The van der Waals surface area contributed by atoms with Crippen LogP contribution >= 0.6 is 0 Å². The molecule has 0 spiro atoms. The van der Waals surface area contributed by atoms with E-state index >= 15 is 0 Å². The van der Waals surface area contributed by atoms with Gasteiger partial charge in [-0.3, -0.25) is 4.79 Å². The smallest absolute Gasteiger partial charge is 0.170 e. The lowest BCUT2D eigenvalue weighted by atomic mass is 9.83. The molecule has 0 saturated carbocycles. The highest BCUT2D eigenvalue weighted by Crippen LogP contribution is 2.35. The van der Waals surface area contributed by atoms with Gasteiger partial charge in [0.1, 0.15) is 11.9 Å². The van der Waals surface area contributed by atoms with Crippen LogP contribution in [-0.4, -0.2) is 11.9 Å². The molecule has 0 saturated heterocycles. The third-order valence-electron chi connectivity index (χ3n) is 3.04. The van der Waals surface area contributed by atoms with Gasteiger partial charge in [0.15, 0.2) is 5.78 Å². The zero-order chi connectivity index (χ0) is 11.9. The minimum atomic E-state index is -0.0183. The van der Waals surface area contributed by atoms with E-state index in [9.17, 15) is 4.79 Å². The van der Waals surface area contributed by atoms with Crippen LogP contribution in [-0.2, 0) is 0 Å². The van der Waals surface area contributed by atoms with E-state index in [1.165, 1.54) is 0 Å². The summed E-state index contributed by atoms with van der Waals surface area (Å²) in [6, 6.07) is 5.80. The fraction of sp³-hybridized carbons (Fsp3) is 0.500. The van der Waals surface area contributed by atoms with Crippen molar-refractivity contribution in [2.24, 2.45) is 5.41 Å². The second kappa shape index (κ2) is 3.62. The Hall–Kier alpha value is -1.31. The third-order valence-corrected chi connectivity index (χ3v) is 3.04. The van der Waals surface area contributed by atoms with Gasteiger partial charge in [-0.05, 0) is 24.5 Å². The van der Waals surface area contributed by atoms with Crippen molar-refractivity contribution in [1.82, 2.24) is 0 Å². The van der Waals surface area contributed by atoms with Crippen LogP contribution in [0.5, 0.6) is 5.75 Å². The van der Waals surface area contributed by atoms with E-state index < -0.39 is 0 Å². The zero-order valence-corrected chi connectivity index (χ0v) is 10.3. The van der Waals surface area contributed by atoms with Crippen molar-refractivity contribution in [3.63, 3.8) is 0 Å². The predicted octanol–water partition coefficient (Wildman–Crippen LogP) is 3.37. The fourth-order valence-corrected chi connectivity index (χ4v) is 1.92. The second-order valence-corrected chi connectivity index (χ2v) is 5.60. The van der Waals surface area contributed by atoms with Crippen LogP contribution in [0.15, 0.2) is 18.2 Å². The normalized spacial score (nSPS) is 20.2. The first kappa shape index (κ1) is 11.2. The maximum atomic E-state index is 12.0. The number of carbonyl (C=O) groups excluding carboxylic acids is 1. The average molecular weight is 218 g/mol. The Morgan fingerprint density at radius 1 is 1.31 bits per heavy atom. The van der Waals surface area contributed by atoms with Crippen LogP contribution in [0.4, 0.5) is 0 Å². The van der Waals surface area contributed by atoms with Crippen LogP contribution < -0.4 is 4.74 Å². The number of aryl methyl sites for hydroxylation is 1. The second-order valence-electron chi connectivity index (χ2n) is 5.60. The monoisotopic (exact) mass is 218 g/mol. The van der Waals surface area contributed by atoms with E-state index in [1.807, 2.05) is 25.1 Å². The van der Waals surface area contributed by atoms with Crippen molar-refractivity contribution in [1.29, 1.82) is 0 Å². The number of Topliss-reactive ketones (excluding diaryl/α,β-unsaturated/α-hetero) is 1. The summed E-state index contributed by atoms with van der Waals surface area (Å²) in [5.74, 6) is 0.937. The van der Waals surface area contributed by atoms with Crippen LogP contribution in [0.25, 0.3) is 0 Å². The molecule has 1 unspecified atom stereocenters. The lowest BCUT2D eigenvalue weighted by Gasteiger charge is -2.34. The molecule has 0 aromatic heterocycles. The Balaban J connectivity index is 2.38. The molecule has 1 atom stereocenters. The molecule has 86 valence electrons. The van der Waals surface area contributed by atoms with Gasteiger partial charge in [-0.15, -0.1) is 0 Å². The molecule has 1 aliphatic rings. The van der Waals surface area contributed by atoms with E-state index in [-0.39, 0.29) is 17.3 Å². The van der Waals surface area contributed by atoms with Crippen molar-refractivity contribution in [3.05, 3.63) is 29.3 Å². The van der Waals surface area contributed by atoms with Gasteiger partial charge >= 0.3 is 0 Å². The van der Waals surface area contributed by atoms with Crippen molar-refractivity contribution >= 4 is 5.78 Å². The van der Waals surface area contributed by atoms with Crippen molar-refractivity contribution in [2.75, 3.05) is 0 Å². The molecule has 0 bridgehead atoms. The molecule has 2 rings (SSSR count). The number of hydrogen-bond acceptors (Lipinski definition) is 2. The van der Waals surface area contributed by atoms with Crippen molar-refractivity contribution < 1.29 is 9.53 Å². The quantitative estimate of drug-likeness (QED) is 0.667. The average Bonchev–Trinajstić information content (AvgIpc) is 2.17. The molecule has 0 N–H and O–H groups in total. The molecule has 2 nitrogen and oxygen atoms in total. The summed E-state index contributed by atoms with van der Waals surface area (Å²) >= 11 is 0. The topological polar surface area (TPSA) is 26.3 Å². The number of ketones is 1. The van der Waals surface area contributed by atoms with Crippen LogP contribution in [0.3, 0.4) is 0 Å². The maximum Gasteiger partial charge on any atom is 0.170 e. The van der Waals surface area contributed by atoms with Gasteiger partial charge in [-0.2, -0.15) is 0 Å². The molecule has 0 radical (unpaired) electrons. The minimum absolute atomic E-state index is 0.00175. The number of benzene rings is 1. The standard InChI is InChI=1S/C14H18O2/c1-9-5-6-12-10(7-9)11(15)8-13(16-12)14(2,3)4/h5-7,13H,8H2,1-4H3. The number of rotatable bonds is 0. The summed E-state index contributed by atoms with van der Waals surface area (Å²) in [4.78, 5) is 12.0. The predicted molar refractivity (Wildman–Crippen MR) is 64.0 cm³/mol. The lowest BCUT2D eigenvalue weighted by Crippen LogP contribution is -2.37. The van der Waals surface area contributed by atoms with E-state index in [0.29, 0.717) is 6.42 Å². The SMILES string of the molecule is Cc1ccc2c(c1)C(=O)CC(C(C)(C)C)O2. The molecule has 0 amide bonds. The molecule has 1 heterocycles. The van der Waals surface area contributed by atoms with Crippen molar-refractivity contribution in [3.8, 4) is 5.75 Å². The summed E-state index contributed by atoms with van der Waals surface area (Å²) in [5, 5.41) is 0. The molecule has 16 heavy (non-hydrogen) atoms. The van der Waals surface area contributed by atoms with Crippen LogP contribution in [0.2, 0.25) is 0 Å². The van der Waals surface area contributed by atoms with E-state index in [4.69, 9.17) is 4.74 Å². The Bertz CT molecular complexity index is 427. The molecule has 0 fully saturated rings. The van der Waals surface area contributed by atoms with Gasteiger partial charge in [-0.25, -0.2) is 0 Å². The molecule has 1 aliphatic heterocycles. The van der Waals surface area contributed by atoms with Crippen LogP contribution in [0, 0.1) is 12.3 Å². The van der Waals surface area contributed by atoms with Gasteiger partial charge in [0.25, 0.3) is 0 Å². The highest BCUT2D eigenvalue weighted by Gasteiger charge is 2.34.